The molecule has 0 saturated heterocycles. The van der Waals surface area contributed by atoms with Crippen LogP contribution in [0, 0.1) is 0 Å². The lowest BCUT2D eigenvalue weighted by atomic mass is 10.1. The van der Waals surface area contributed by atoms with Crippen molar-refractivity contribution < 1.29 is 9.00 Å². The number of carbonyl (C=O) groups excluding carboxylic acids is 1. The van der Waals surface area contributed by atoms with E-state index in [1.165, 1.54) is 0 Å². The summed E-state index contributed by atoms with van der Waals surface area (Å²) in [6.45, 7) is 0.665. The van der Waals surface area contributed by atoms with E-state index in [1.807, 2.05) is 0 Å². The summed E-state index contributed by atoms with van der Waals surface area (Å²) in [6, 6.07) is 0. The number of hydrogen-bond acceptors (Lipinski definition) is 3. The summed E-state index contributed by atoms with van der Waals surface area (Å²) in [7, 11) is 0. The monoisotopic (exact) mass is 212 g/mol. The molecule has 14 heavy (non-hydrogen) atoms. The summed E-state index contributed by atoms with van der Waals surface area (Å²) < 4.78 is 10.7. The van der Waals surface area contributed by atoms with Crippen LogP contribution >= 0.6 is 0 Å². The molecule has 7 heteroatoms. The second-order valence-corrected chi connectivity index (χ2v) is 3.45. The fourth-order valence-corrected chi connectivity index (χ4v) is 1.91. The highest BCUT2D eigenvalue weighted by Gasteiger charge is 2.24. The molecule has 2 rings (SSSR count). The van der Waals surface area contributed by atoms with Gasteiger partial charge in [-0.15, -0.1) is 0 Å². The molecule has 4 N–H and O–H groups in total. The standard InChI is InChI=1S/C7H8N4O2S/c8-6(12)5-4-3(10-11-5)1-2-9-7(4)14-13/h9H,1-2H2,(H2,8,12)(H,10,11). The van der Waals surface area contributed by atoms with Crippen LogP contribution in [0.5, 0.6) is 0 Å². The molecule has 0 fully saturated rings. The van der Waals surface area contributed by atoms with Crippen molar-refractivity contribution in [1.29, 1.82) is 0 Å². The molecule has 1 aliphatic heterocycles. The molecular weight excluding hydrogens is 204 g/mol. The van der Waals surface area contributed by atoms with Crippen LogP contribution in [-0.2, 0) is 17.7 Å². The Kier molecular flexibility index (Phi) is 2.18. The Morgan fingerprint density at radius 3 is 3.00 bits per heavy atom. The van der Waals surface area contributed by atoms with Crippen LogP contribution < -0.4 is 11.1 Å². The Labute approximate surface area is 82.9 Å². The van der Waals surface area contributed by atoms with Crippen LogP contribution in [0.2, 0.25) is 0 Å². The van der Waals surface area contributed by atoms with Crippen LogP contribution in [0.1, 0.15) is 21.7 Å². The number of rotatable bonds is 1. The van der Waals surface area contributed by atoms with Gasteiger partial charge in [-0.2, -0.15) is 5.10 Å². The third-order valence-corrected chi connectivity index (χ3v) is 2.56. The van der Waals surface area contributed by atoms with Gasteiger partial charge in [-0.3, -0.25) is 15.2 Å². The first-order valence-corrected chi connectivity index (χ1v) is 4.76. The van der Waals surface area contributed by atoms with Gasteiger partial charge >= 0.3 is 0 Å². The lowest BCUT2D eigenvalue weighted by Gasteiger charge is -2.12. The van der Waals surface area contributed by atoms with Gasteiger partial charge < -0.3 is 5.73 Å². The number of aromatic nitrogens is 2. The molecule has 1 aromatic rings. The molecule has 1 amide bonds. The molecule has 0 radical (unpaired) electrons. The molecule has 0 saturated carbocycles. The Morgan fingerprint density at radius 2 is 2.36 bits per heavy atom. The molecule has 6 nitrogen and oxygen atoms in total. The van der Waals surface area contributed by atoms with Crippen LogP contribution in [0.3, 0.4) is 0 Å². The van der Waals surface area contributed by atoms with E-state index in [4.69, 9.17) is 5.73 Å². The van der Waals surface area contributed by atoms with Crippen molar-refractivity contribution in [2.24, 2.45) is 5.73 Å². The van der Waals surface area contributed by atoms with Crippen molar-refractivity contribution >= 4 is 22.2 Å². The van der Waals surface area contributed by atoms with Crippen LogP contribution in [-0.4, -0.2) is 31.8 Å². The number of primary amides is 1. The smallest absolute Gasteiger partial charge is 0.269 e. The molecule has 0 spiro atoms. The zero-order chi connectivity index (χ0) is 10.1. The first kappa shape index (κ1) is 9.10. The molecule has 1 aliphatic rings. The number of nitrogens with two attached hydrogens (primary N) is 1. The Hall–Kier alpha value is -1.47. The molecule has 0 bridgehead atoms. The quantitative estimate of drug-likeness (QED) is 0.485. The summed E-state index contributed by atoms with van der Waals surface area (Å²) in [6.07, 6.45) is 0.708. The molecule has 1 aromatic heterocycles. The van der Waals surface area contributed by atoms with Gasteiger partial charge in [0.05, 0.1) is 5.56 Å². The van der Waals surface area contributed by atoms with Gasteiger partial charge in [0.1, 0.15) is 16.2 Å². The van der Waals surface area contributed by atoms with Crippen molar-refractivity contribution in [1.82, 2.24) is 15.5 Å². The van der Waals surface area contributed by atoms with Crippen molar-refractivity contribution in [3.8, 4) is 0 Å². The first-order valence-electron chi connectivity index (χ1n) is 4.02. The average molecular weight is 212 g/mol. The maximum Gasteiger partial charge on any atom is 0.269 e. The zero-order valence-electron chi connectivity index (χ0n) is 7.16. The SMILES string of the molecule is NC(=O)c1n[nH]c2c1C(=S=O)NCC2. The number of nitrogens with one attached hydrogen (secondary N) is 2. The summed E-state index contributed by atoms with van der Waals surface area (Å²) >= 11 is 0.312. The van der Waals surface area contributed by atoms with Gasteiger partial charge in [0.15, 0.2) is 5.69 Å². The molecular formula is C7H8N4O2S. The number of nitrogens with zero attached hydrogens (tertiary/aromatic N) is 1. The third-order valence-electron chi connectivity index (χ3n) is 2.05. The van der Waals surface area contributed by atoms with E-state index in [9.17, 15) is 9.00 Å². The number of aromatic amines is 1. The maximum atomic E-state index is 11.0. The lowest BCUT2D eigenvalue weighted by molar-refractivity contribution is 0.0995. The summed E-state index contributed by atoms with van der Waals surface area (Å²) in [4.78, 5) is 11.4. The summed E-state index contributed by atoms with van der Waals surface area (Å²) in [5, 5.41) is 9.40. The van der Waals surface area contributed by atoms with Crippen molar-refractivity contribution in [2.75, 3.05) is 6.54 Å². The van der Waals surface area contributed by atoms with E-state index in [2.05, 4.69) is 15.5 Å². The highest BCUT2D eigenvalue weighted by Crippen LogP contribution is 2.14. The second-order valence-electron chi connectivity index (χ2n) is 2.88. The van der Waals surface area contributed by atoms with Crippen molar-refractivity contribution in [2.45, 2.75) is 6.42 Å². The Morgan fingerprint density at radius 1 is 1.57 bits per heavy atom. The zero-order valence-corrected chi connectivity index (χ0v) is 7.98. The topological polar surface area (TPSA) is 101 Å². The highest BCUT2D eigenvalue weighted by atomic mass is 32.1. The number of fused-ring (bicyclic) bond motifs is 1. The van der Waals surface area contributed by atoms with Crippen LogP contribution in [0.15, 0.2) is 0 Å². The van der Waals surface area contributed by atoms with Gasteiger partial charge in [-0.1, -0.05) is 0 Å². The van der Waals surface area contributed by atoms with Gasteiger partial charge in [-0.05, 0) is 0 Å². The van der Waals surface area contributed by atoms with E-state index in [1.54, 1.807) is 0 Å². The predicted octanol–water partition coefficient (Wildman–Crippen LogP) is -1.65. The maximum absolute atomic E-state index is 11.0. The Balaban J connectivity index is 2.63. The molecule has 0 unspecified atom stereocenters. The van der Waals surface area contributed by atoms with Crippen LogP contribution in [0.4, 0.5) is 0 Å². The molecule has 74 valence electrons. The molecule has 2 heterocycles. The minimum absolute atomic E-state index is 0.130. The third kappa shape index (κ3) is 1.26. The molecule has 0 aromatic carbocycles. The fraction of sp³-hybridized carbons (Fsp3) is 0.286. The lowest BCUT2D eigenvalue weighted by Crippen LogP contribution is -2.33. The van der Waals surface area contributed by atoms with Gasteiger partial charge in [-0.25, -0.2) is 4.21 Å². The molecule has 0 aliphatic carbocycles. The Bertz CT molecular complexity index is 447. The predicted molar refractivity (Wildman–Crippen MR) is 51.1 cm³/mol. The summed E-state index contributed by atoms with van der Waals surface area (Å²) in [5.41, 5.74) is 6.57. The summed E-state index contributed by atoms with van der Waals surface area (Å²) in [5.74, 6) is -0.627. The molecule has 0 atom stereocenters. The largest absolute Gasteiger partial charge is 0.364 e. The van der Waals surface area contributed by atoms with Crippen molar-refractivity contribution in [3.05, 3.63) is 17.0 Å². The number of H-pyrrole nitrogens is 1. The number of amides is 1. The van der Waals surface area contributed by atoms with Gasteiger partial charge in [0.25, 0.3) is 5.91 Å². The number of carbonyl (C=O) groups is 1. The highest BCUT2D eigenvalue weighted by molar-refractivity contribution is 7.67. The van der Waals surface area contributed by atoms with E-state index in [-0.39, 0.29) is 5.69 Å². The van der Waals surface area contributed by atoms with E-state index in [0.29, 0.717) is 34.8 Å². The van der Waals surface area contributed by atoms with E-state index < -0.39 is 5.91 Å². The van der Waals surface area contributed by atoms with Gasteiger partial charge in [0, 0.05) is 18.7 Å². The fourth-order valence-electron chi connectivity index (χ4n) is 1.44. The van der Waals surface area contributed by atoms with Gasteiger partial charge in [0.2, 0.25) is 0 Å². The first-order chi connectivity index (χ1) is 6.74. The minimum atomic E-state index is -0.627. The average Bonchev–Trinajstić information content (AvgIpc) is 2.60. The second kappa shape index (κ2) is 3.35. The van der Waals surface area contributed by atoms with E-state index >= 15 is 0 Å². The van der Waals surface area contributed by atoms with Crippen molar-refractivity contribution in [3.63, 3.8) is 0 Å². The van der Waals surface area contributed by atoms with E-state index in [0.717, 1.165) is 5.69 Å². The van der Waals surface area contributed by atoms with Crippen LogP contribution in [0.25, 0.3) is 0 Å². The minimum Gasteiger partial charge on any atom is -0.364 e. The normalized spacial score (nSPS) is 15.0. The number of hydrogen-bond donors (Lipinski definition) is 3.